The molecular formula is C17H17N3O3S. The topological polar surface area (TPSA) is 80.5 Å². The molecule has 6 nitrogen and oxygen atoms in total. The van der Waals surface area contributed by atoms with Crippen LogP contribution in [-0.2, 0) is 14.6 Å². The molecule has 0 spiro atoms. The summed E-state index contributed by atoms with van der Waals surface area (Å²) in [4.78, 5) is 16.3. The normalized spacial score (nSPS) is 11.5. The molecule has 124 valence electrons. The third kappa shape index (κ3) is 3.99. The zero-order chi connectivity index (χ0) is 17.2. The van der Waals surface area contributed by atoms with Gasteiger partial charge in [-0.05, 0) is 24.3 Å². The minimum atomic E-state index is -3.14. The van der Waals surface area contributed by atoms with Crippen LogP contribution in [0, 0.1) is 0 Å². The van der Waals surface area contributed by atoms with Crippen molar-refractivity contribution in [3.05, 3.63) is 54.9 Å². The number of sulfone groups is 1. The maximum atomic E-state index is 11.7. The number of rotatable bonds is 5. The number of nitrogens with zero attached hydrogens (tertiary/aromatic N) is 2. The summed E-state index contributed by atoms with van der Waals surface area (Å²) in [6.45, 7) is 0. The lowest BCUT2D eigenvalue weighted by molar-refractivity contribution is -0.115. The van der Waals surface area contributed by atoms with Gasteiger partial charge in [0, 0.05) is 36.3 Å². The highest BCUT2D eigenvalue weighted by Gasteiger charge is 2.09. The van der Waals surface area contributed by atoms with E-state index < -0.39 is 9.84 Å². The van der Waals surface area contributed by atoms with Crippen LogP contribution in [0.25, 0.3) is 16.9 Å². The summed E-state index contributed by atoms with van der Waals surface area (Å²) in [5.74, 6) is -0.473. The smallest absolute Gasteiger partial charge is 0.225 e. The lowest BCUT2D eigenvalue weighted by Gasteiger charge is -2.05. The van der Waals surface area contributed by atoms with Gasteiger partial charge in [0.1, 0.15) is 15.5 Å². The van der Waals surface area contributed by atoms with Crippen LogP contribution in [0.1, 0.15) is 6.42 Å². The first kappa shape index (κ1) is 16.2. The van der Waals surface area contributed by atoms with E-state index in [-0.39, 0.29) is 18.1 Å². The molecule has 7 heteroatoms. The first-order chi connectivity index (χ1) is 11.4. The fraction of sp³-hybridized carbons (Fsp3) is 0.176. The fourth-order valence-electron chi connectivity index (χ4n) is 2.30. The molecular weight excluding hydrogens is 326 g/mol. The molecule has 24 heavy (non-hydrogen) atoms. The van der Waals surface area contributed by atoms with Crippen LogP contribution in [0.4, 0.5) is 5.69 Å². The molecule has 0 atom stereocenters. The maximum absolute atomic E-state index is 11.7. The van der Waals surface area contributed by atoms with Crippen LogP contribution in [0.5, 0.6) is 0 Å². The van der Waals surface area contributed by atoms with Crippen LogP contribution in [0.3, 0.4) is 0 Å². The zero-order valence-corrected chi connectivity index (χ0v) is 14.0. The average molecular weight is 343 g/mol. The van der Waals surface area contributed by atoms with Crippen molar-refractivity contribution >= 4 is 27.1 Å². The van der Waals surface area contributed by atoms with E-state index in [0.29, 0.717) is 5.69 Å². The molecule has 0 saturated heterocycles. The summed E-state index contributed by atoms with van der Waals surface area (Å²) in [6, 6.07) is 13.1. The van der Waals surface area contributed by atoms with Gasteiger partial charge in [0.05, 0.1) is 11.4 Å². The summed E-state index contributed by atoms with van der Waals surface area (Å²) in [7, 11) is -3.14. The van der Waals surface area contributed by atoms with E-state index in [1.54, 1.807) is 12.1 Å². The molecule has 1 amide bonds. The average Bonchev–Trinajstić information content (AvgIpc) is 2.97. The molecule has 0 aliphatic rings. The standard InChI is InChI=1S/C17H17N3O3S/c1-24(22,23)11-9-17(21)18-14-7-5-13(6-8-14)15-12-20-10-3-2-4-16(20)19-15/h2-8,10,12H,9,11H2,1H3,(H,18,21). The van der Waals surface area contributed by atoms with Crippen molar-refractivity contribution < 1.29 is 13.2 Å². The lowest BCUT2D eigenvalue weighted by atomic mass is 10.1. The molecule has 0 unspecified atom stereocenters. The van der Waals surface area contributed by atoms with Gasteiger partial charge in [-0.3, -0.25) is 4.79 Å². The van der Waals surface area contributed by atoms with Crippen LogP contribution in [0.2, 0.25) is 0 Å². The van der Waals surface area contributed by atoms with Gasteiger partial charge in [0.25, 0.3) is 0 Å². The summed E-state index contributed by atoms with van der Waals surface area (Å²) >= 11 is 0. The highest BCUT2D eigenvalue weighted by Crippen LogP contribution is 2.21. The molecule has 0 aliphatic heterocycles. The third-order valence-electron chi connectivity index (χ3n) is 3.53. The molecule has 0 fully saturated rings. The number of imidazole rings is 1. The first-order valence-corrected chi connectivity index (χ1v) is 9.48. The zero-order valence-electron chi connectivity index (χ0n) is 13.1. The Balaban J connectivity index is 1.70. The lowest BCUT2D eigenvalue weighted by Crippen LogP contribution is -2.16. The molecule has 0 radical (unpaired) electrons. The maximum Gasteiger partial charge on any atom is 0.225 e. The van der Waals surface area contributed by atoms with E-state index in [1.165, 1.54) is 0 Å². The number of fused-ring (bicyclic) bond motifs is 1. The third-order valence-corrected chi connectivity index (χ3v) is 4.47. The Labute approximate surface area is 140 Å². The SMILES string of the molecule is CS(=O)(=O)CCC(=O)Nc1ccc(-c2cn3ccccc3n2)cc1. The Morgan fingerprint density at radius 3 is 2.58 bits per heavy atom. The summed E-state index contributed by atoms with van der Waals surface area (Å²) < 4.78 is 24.1. The van der Waals surface area contributed by atoms with Crippen molar-refractivity contribution in [1.29, 1.82) is 0 Å². The number of carbonyl (C=O) groups is 1. The van der Waals surface area contributed by atoms with Crippen LogP contribution in [0.15, 0.2) is 54.9 Å². The molecule has 2 heterocycles. The van der Waals surface area contributed by atoms with Crippen LogP contribution >= 0.6 is 0 Å². The minimum Gasteiger partial charge on any atom is -0.326 e. The van der Waals surface area contributed by atoms with Gasteiger partial charge in [-0.2, -0.15) is 0 Å². The Bertz CT molecular complexity index is 943. The predicted octanol–water partition coefficient (Wildman–Crippen LogP) is 2.37. The molecule has 1 aromatic carbocycles. The van der Waals surface area contributed by atoms with Crippen LogP contribution in [-0.4, -0.2) is 35.7 Å². The minimum absolute atomic E-state index is 0.0486. The molecule has 0 aliphatic carbocycles. The molecule has 0 saturated carbocycles. The molecule has 0 bridgehead atoms. The first-order valence-electron chi connectivity index (χ1n) is 7.42. The van der Waals surface area contributed by atoms with Crippen molar-refractivity contribution in [2.24, 2.45) is 0 Å². The van der Waals surface area contributed by atoms with Crippen molar-refractivity contribution in [2.45, 2.75) is 6.42 Å². The largest absolute Gasteiger partial charge is 0.326 e. The number of amides is 1. The number of benzene rings is 1. The van der Waals surface area contributed by atoms with Crippen molar-refractivity contribution in [2.75, 3.05) is 17.3 Å². The van der Waals surface area contributed by atoms with Crippen LogP contribution < -0.4 is 5.32 Å². The fourth-order valence-corrected chi connectivity index (χ4v) is 2.86. The van der Waals surface area contributed by atoms with E-state index >= 15 is 0 Å². The van der Waals surface area contributed by atoms with E-state index in [9.17, 15) is 13.2 Å². The quantitative estimate of drug-likeness (QED) is 0.771. The second kappa shape index (κ2) is 6.45. The Morgan fingerprint density at radius 1 is 1.17 bits per heavy atom. The van der Waals surface area contributed by atoms with E-state index in [0.717, 1.165) is 23.2 Å². The van der Waals surface area contributed by atoms with Gasteiger partial charge in [-0.1, -0.05) is 18.2 Å². The molecule has 1 N–H and O–H groups in total. The number of hydrogen-bond acceptors (Lipinski definition) is 4. The summed E-state index contributed by atoms with van der Waals surface area (Å²) in [5, 5.41) is 2.69. The molecule has 2 aromatic heterocycles. The second-order valence-corrected chi connectivity index (χ2v) is 7.86. The second-order valence-electron chi connectivity index (χ2n) is 5.60. The number of pyridine rings is 1. The Hall–Kier alpha value is -2.67. The van der Waals surface area contributed by atoms with Gasteiger partial charge in [0.2, 0.25) is 5.91 Å². The van der Waals surface area contributed by atoms with E-state index in [2.05, 4.69) is 10.3 Å². The number of nitrogens with one attached hydrogen (secondary N) is 1. The van der Waals surface area contributed by atoms with Gasteiger partial charge in [0.15, 0.2) is 0 Å². The number of aromatic nitrogens is 2. The highest BCUT2D eigenvalue weighted by molar-refractivity contribution is 7.90. The van der Waals surface area contributed by atoms with Gasteiger partial charge in [-0.25, -0.2) is 13.4 Å². The van der Waals surface area contributed by atoms with Gasteiger partial charge >= 0.3 is 0 Å². The monoisotopic (exact) mass is 343 g/mol. The summed E-state index contributed by atoms with van der Waals surface area (Å²) in [6.07, 6.45) is 4.94. The highest BCUT2D eigenvalue weighted by atomic mass is 32.2. The number of carbonyl (C=O) groups excluding carboxylic acids is 1. The Kier molecular flexibility index (Phi) is 4.35. The number of hydrogen-bond donors (Lipinski definition) is 1. The van der Waals surface area contributed by atoms with Crippen molar-refractivity contribution in [3.63, 3.8) is 0 Å². The number of anilines is 1. The van der Waals surface area contributed by atoms with Gasteiger partial charge in [-0.15, -0.1) is 0 Å². The van der Waals surface area contributed by atoms with Gasteiger partial charge < -0.3 is 9.72 Å². The van der Waals surface area contributed by atoms with Crippen molar-refractivity contribution in [3.8, 4) is 11.3 Å². The van der Waals surface area contributed by atoms with Crippen molar-refractivity contribution in [1.82, 2.24) is 9.38 Å². The van der Waals surface area contributed by atoms with E-state index in [1.807, 2.05) is 47.1 Å². The predicted molar refractivity (Wildman–Crippen MR) is 93.6 cm³/mol. The molecule has 3 aromatic rings. The summed E-state index contributed by atoms with van der Waals surface area (Å²) in [5.41, 5.74) is 3.27. The Morgan fingerprint density at radius 2 is 1.92 bits per heavy atom. The van der Waals surface area contributed by atoms with E-state index in [4.69, 9.17) is 0 Å². The molecule has 3 rings (SSSR count).